The Morgan fingerprint density at radius 3 is 2.89 bits per heavy atom. The lowest BCUT2D eigenvalue weighted by Gasteiger charge is -2.12. The van der Waals surface area contributed by atoms with Crippen LogP contribution in [-0.4, -0.2) is 11.5 Å². The second-order valence-electron chi connectivity index (χ2n) is 4.25. The van der Waals surface area contributed by atoms with Crippen LogP contribution in [0.5, 0.6) is 11.5 Å². The molecule has 2 rings (SSSR count). The molecule has 3 nitrogen and oxygen atoms in total. The van der Waals surface area contributed by atoms with Gasteiger partial charge in [-0.2, -0.15) is 0 Å². The minimum Gasteiger partial charge on any atom is -0.454 e. The lowest BCUT2D eigenvalue weighted by atomic mass is 10.2. The van der Waals surface area contributed by atoms with Crippen molar-refractivity contribution in [2.24, 2.45) is 0 Å². The summed E-state index contributed by atoms with van der Waals surface area (Å²) in [7, 11) is 0. The summed E-state index contributed by atoms with van der Waals surface area (Å²) in [5.41, 5.74) is 1.48. The summed E-state index contributed by atoms with van der Waals surface area (Å²) < 4.78 is 19.6. The van der Waals surface area contributed by atoms with Crippen LogP contribution in [0.25, 0.3) is 0 Å². The van der Waals surface area contributed by atoms with Crippen molar-refractivity contribution < 1.29 is 9.13 Å². The fourth-order valence-electron chi connectivity index (χ4n) is 1.72. The molecule has 0 aliphatic carbocycles. The van der Waals surface area contributed by atoms with Gasteiger partial charge in [-0.05, 0) is 31.2 Å². The average Bonchev–Trinajstić information content (AvgIpc) is 2.43. The molecule has 0 aliphatic rings. The SMILES string of the molecule is CCNCc1cnccc1Oc1cccc(C)c1F. The lowest BCUT2D eigenvalue weighted by molar-refractivity contribution is 0.433. The Kier molecular flexibility index (Phi) is 4.47. The van der Waals surface area contributed by atoms with Crippen molar-refractivity contribution in [3.8, 4) is 11.5 Å². The number of aromatic nitrogens is 1. The molecule has 100 valence electrons. The second-order valence-corrected chi connectivity index (χ2v) is 4.25. The fraction of sp³-hybridized carbons (Fsp3) is 0.267. The van der Waals surface area contributed by atoms with Crippen molar-refractivity contribution >= 4 is 0 Å². The summed E-state index contributed by atoms with van der Waals surface area (Å²) in [4.78, 5) is 4.07. The smallest absolute Gasteiger partial charge is 0.168 e. The first kappa shape index (κ1) is 13.5. The van der Waals surface area contributed by atoms with Crippen molar-refractivity contribution in [3.05, 3.63) is 53.6 Å². The van der Waals surface area contributed by atoms with Crippen molar-refractivity contribution in [2.75, 3.05) is 6.54 Å². The third-order valence-electron chi connectivity index (χ3n) is 2.80. The molecular formula is C15H17FN2O. The number of nitrogens with one attached hydrogen (secondary N) is 1. The summed E-state index contributed by atoms with van der Waals surface area (Å²) in [5, 5.41) is 3.20. The predicted octanol–water partition coefficient (Wildman–Crippen LogP) is 3.43. The zero-order valence-electron chi connectivity index (χ0n) is 11.1. The molecule has 0 radical (unpaired) electrons. The van der Waals surface area contributed by atoms with Crippen molar-refractivity contribution in [3.63, 3.8) is 0 Å². The maximum atomic E-state index is 13.9. The number of aryl methyl sites for hydroxylation is 1. The zero-order chi connectivity index (χ0) is 13.7. The number of hydrogen-bond donors (Lipinski definition) is 1. The van der Waals surface area contributed by atoms with E-state index in [1.165, 1.54) is 0 Å². The van der Waals surface area contributed by atoms with Gasteiger partial charge in [0.2, 0.25) is 0 Å². The highest BCUT2D eigenvalue weighted by Crippen LogP contribution is 2.28. The van der Waals surface area contributed by atoms with E-state index in [-0.39, 0.29) is 11.6 Å². The Balaban J connectivity index is 2.25. The van der Waals surface area contributed by atoms with Crippen LogP contribution in [0.2, 0.25) is 0 Å². The molecule has 0 aliphatic heterocycles. The van der Waals surface area contributed by atoms with E-state index >= 15 is 0 Å². The Bertz CT molecular complexity index is 558. The van der Waals surface area contributed by atoms with Gasteiger partial charge in [-0.1, -0.05) is 19.1 Å². The molecule has 1 N–H and O–H groups in total. The van der Waals surface area contributed by atoms with E-state index in [2.05, 4.69) is 10.3 Å². The minimum absolute atomic E-state index is 0.240. The molecule has 0 amide bonds. The Labute approximate surface area is 112 Å². The van der Waals surface area contributed by atoms with E-state index in [9.17, 15) is 4.39 Å². The molecule has 19 heavy (non-hydrogen) atoms. The minimum atomic E-state index is -0.325. The highest BCUT2D eigenvalue weighted by atomic mass is 19.1. The van der Waals surface area contributed by atoms with Crippen LogP contribution >= 0.6 is 0 Å². The monoisotopic (exact) mass is 260 g/mol. The van der Waals surface area contributed by atoms with Crippen molar-refractivity contribution in [1.82, 2.24) is 10.3 Å². The molecule has 0 fully saturated rings. The van der Waals surface area contributed by atoms with Gasteiger partial charge >= 0.3 is 0 Å². The number of hydrogen-bond acceptors (Lipinski definition) is 3. The summed E-state index contributed by atoms with van der Waals surface area (Å²) >= 11 is 0. The molecule has 0 saturated heterocycles. The first-order chi connectivity index (χ1) is 9.22. The molecule has 0 saturated carbocycles. The van der Waals surface area contributed by atoms with Gasteiger partial charge in [0, 0.05) is 24.5 Å². The molecule has 1 aromatic carbocycles. The van der Waals surface area contributed by atoms with Gasteiger partial charge in [0.25, 0.3) is 0 Å². The Morgan fingerprint density at radius 1 is 1.26 bits per heavy atom. The predicted molar refractivity (Wildman–Crippen MR) is 72.8 cm³/mol. The van der Waals surface area contributed by atoms with Gasteiger partial charge in [-0.3, -0.25) is 4.98 Å². The number of ether oxygens (including phenoxy) is 1. The third kappa shape index (κ3) is 3.29. The van der Waals surface area contributed by atoms with Crippen LogP contribution in [0.3, 0.4) is 0 Å². The van der Waals surface area contributed by atoms with Gasteiger partial charge < -0.3 is 10.1 Å². The first-order valence-electron chi connectivity index (χ1n) is 6.29. The molecule has 0 bridgehead atoms. The maximum absolute atomic E-state index is 13.9. The van der Waals surface area contributed by atoms with Crippen LogP contribution in [0, 0.1) is 12.7 Å². The van der Waals surface area contributed by atoms with Gasteiger partial charge in [-0.15, -0.1) is 0 Å². The highest BCUT2D eigenvalue weighted by Gasteiger charge is 2.09. The normalized spacial score (nSPS) is 10.5. The van der Waals surface area contributed by atoms with Crippen LogP contribution < -0.4 is 10.1 Å². The second kappa shape index (κ2) is 6.29. The van der Waals surface area contributed by atoms with Gasteiger partial charge in [0.1, 0.15) is 5.75 Å². The van der Waals surface area contributed by atoms with Crippen molar-refractivity contribution in [2.45, 2.75) is 20.4 Å². The standard InChI is InChI=1S/C15H17FN2O/c1-3-17-9-12-10-18-8-7-13(12)19-14-6-4-5-11(2)15(14)16/h4-8,10,17H,3,9H2,1-2H3. The molecular weight excluding hydrogens is 243 g/mol. The van der Waals surface area contributed by atoms with E-state index in [0.717, 1.165) is 12.1 Å². The number of benzene rings is 1. The van der Waals surface area contributed by atoms with E-state index in [0.29, 0.717) is 17.9 Å². The summed E-state index contributed by atoms with van der Waals surface area (Å²) in [6, 6.07) is 6.86. The number of pyridine rings is 1. The van der Waals surface area contributed by atoms with Gasteiger partial charge in [-0.25, -0.2) is 4.39 Å². The Hall–Kier alpha value is -1.94. The zero-order valence-corrected chi connectivity index (χ0v) is 11.1. The van der Waals surface area contributed by atoms with E-state index in [4.69, 9.17) is 4.74 Å². The molecule has 0 atom stereocenters. The fourth-order valence-corrected chi connectivity index (χ4v) is 1.72. The van der Waals surface area contributed by atoms with E-state index in [1.807, 2.05) is 6.92 Å². The van der Waals surface area contributed by atoms with Crippen LogP contribution in [-0.2, 0) is 6.54 Å². The average molecular weight is 260 g/mol. The number of halogens is 1. The Morgan fingerprint density at radius 2 is 2.11 bits per heavy atom. The third-order valence-corrected chi connectivity index (χ3v) is 2.80. The molecule has 1 aromatic heterocycles. The molecule has 0 spiro atoms. The summed E-state index contributed by atoms with van der Waals surface area (Å²) in [6.07, 6.45) is 3.37. The number of rotatable bonds is 5. The van der Waals surface area contributed by atoms with Crippen LogP contribution in [0.1, 0.15) is 18.1 Å². The lowest BCUT2D eigenvalue weighted by Crippen LogP contribution is -2.12. The van der Waals surface area contributed by atoms with Crippen molar-refractivity contribution in [1.29, 1.82) is 0 Å². The maximum Gasteiger partial charge on any atom is 0.168 e. The summed E-state index contributed by atoms with van der Waals surface area (Å²) in [6.45, 7) is 5.24. The van der Waals surface area contributed by atoms with Crippen LogP contribution in [0.4, 0.5) is 4.39 Å². The quantitative estimate of drug-likeness (QED) is 0.894. The van der Waals surface area contributed by atoms with Gasteiger partial charge in [0.05, 0.1) is 0 Å². The van der Waals surface area contributed by atoms with E-state index < -0.39 is 0 Å². The topological polar surface area (TPSA) is 34.2 Å². The van der Waals surface area contributed by atoms with Gasteiger partial charge in [0.15, 0.2) is 11.6 Å². The molecule has 0 unspecified atom stereocenters. The summed E-state index contributed by atoms with van der Waals surface area (Å²) in [5.74, 6) is 0.540. The molecule has 1 heterocycles. The highest BCUT2D eigenvalue weighted by molar-refractivity contribution is 5.38. The van der Waals surface area contributed by atoms with E-state index in [1.54, 1.807) is 43.6 Å². The van der Waals surface area contributed by atoms with Crippen LogP contribution in [0.15, 0.2) is 36.7 Å². The number of nitrogens with zero attached hydrogens (tertiary/aromatic N) is 1. The first-order valence-corrected chi connectivity index (χ1v) is 6.29. The molecule has 4 heteroatoms. The largest absolute Gasteiger partial charge is 0.454 e. The molecule has 2 aromatic rings.